The van der Waals surface area contributed by atoms with Gasteiger partial charge in [-0.15, -0.1) is 0 Å². The first-order valence-electron chi connectivity index (χ1n) is 5.80. The van der Waals surface area contributed by atoms with Crippen molar-refractivity contribution in [3.8, 4) is 0 Å². The topological polar surface area (TPSA) is 20.3 Å². The highest BCUT2D eigenvalue weighted by Crippen LogP contribution is 2.41. The number of carbonyl (C=O) groups excluding carboxylic acids is 1. The zero-order valence-corrected chi connectivity index (χ0v) is 9.03. The Morgan fingerprint density at radius 3 is 2.88 bits per heavy atom. The molecule has 0 spiro atoms. The molecule has 1 saturated heterocycles. The van der Waals surface area contributed by atoms with Crippen LogP contribution in [-0.4, -0.2) is 18.9 Å². The second-order valence-electron chi connectivity index (χ2n) is 4.78. The smallest absolute Gasteiger partial charge is 0.155 e. The molecule has 16 heavy (non-hydrogen) atoms. The van der Waals surface area contributed by atoms with E-state index in [-0.39, 0.29) is 5.56 Å². The van der Waals surface area contributed by atoms with Crippen LogP contribution in [-0.2, 0) is 0 Å². The zero-order valence-electron chi connectivity index (χ0n) is 9.03. The van der Waals surface area contributed by atoms with E-state index >= 15 is 0 Å². The number of hydrogen-bond donors (Lipinski definition) is 0. The Kier molecular flexibility index (Phi) is 2.20. The average Bonchev–Trinajstić information content (AvgIpc) is 2.90. The second kappa shape index (κ2) is 3.58. The van der Waals surface area contributed by atoms with E-state index < -0.39 is 5.82 Å². The highest BCUT2D eigenvalue weighted by Gasteiger charge is 2.38. The summed E-state index contributed by atoms with van der Waals surface area (Å²) in [5, 5.41) is 0. The molecule has 1 aromatic rings. The summed E-state index contributed by atoms with van der Waals surface area (Å²) in [6.45, 7) is 0.981. The van der Waals surface area contributed by atoms with E-state index in [4.69, 9.17) is 0 Å². The lowest BCUT2D eigenvalue weighted by Gasteiger charge is -2.30. The van der Waals surface area contributed by atoms with Crippen LogP contribution in [0.4, 0.5) is 10.1 Å². The number of fused-ring (bicyclic) bond motifs is 2. The Morgan fingerprint density at radius 1 is 1.38 bits per heavy atom. The summed E-state index contributed by atoms with van der Waals surface area (Å²) in [4.78, 5) is 13.2. The first-order chi connectivity index (χ1) is 7.79. The number of halogens is 1. The highest BCUT2D eigenvalue weighted by molar-refractivity contribution is 5.85. The van der Waals surface area contributed by atoms with Gasteiger partial charge in [-0.2, -0.15) is 0 Å². The summed E-state index contributed by atoms with van der Waals surface area (Å²) in [5.41, 5.74) is 0.997. The fourth-order valence-corrected chi connectivity index (χ4v) is 3.11. The van der Waals surface area contributed by atoms with Gasteiger partial charge < -0.3 is 4.90 Å². The van der Waals surface area contributed by atoms with Crippen molar-refractivity contribution >= 4 is 12.0 Å². The molecule has 1 saturated carbocycles. The van der Waals surface area contributed by atoms with Gasteiger partial charge in [-0.3, -0.25) is 4.79 Å². The van der Waals surface area contributed by atoms with Gasteiger partial charge >= 0.3 is 0 Å². The SMILES string of the molecule is O=Cc1c(F)cccc1N1CC2CCC1C2. The first-order valence-corrected chi connectivity index (χ1v) is 5.80. The molecule has 1 heterocycles. The van der Waals surface area contributed by atoms with Crippen LogP contribution in [0.5, 0.6) is 0 Å². The van der Waals surface area contributed by atoms with E-state index in [2.05, 4.69) is 4.90 Å². The summed E-state index contributed by atoms with van der Waals surface area (Å²) < 4.78 is 13.5. The number of hydrogen-bond acceptors (Lipinski definition) is 2. The van der Waals surface area contributed by atoms with Crippen LogP contribution in [0, 0.1) is 11.7 Å². The van der Waals surface area contributed by atoms with E-state index in [0.717, 1.165) is 18.2 Å². The molecule has 2 aliphatic rings. The van der Waals surface area contributed by atoms with Crippen molar-refractivity contribution in [2.75, 3.05) is 11.4 Å². The third kappa shape index (κ3) is 1.34. The summed E-state index contributed by atoms with van der Waals surface area (Å²) in [7, 11) is 0. The summed E-state index contributed by atoms with van der Waals surface area (Å²) in [6.07, 6.45) is 4.30. The molecular formula is C13H14FNO. The van der Waals surface area contributed by atoms with E-state index in [1.165, 1.54) is 25.3 Å². The molecule has 1 aromatic carbocycles. The lowest BCUT2D eigenvalue weighted by molar-refractivity contribution is 0.112. The number of benzene rings is 1. The summed E-state index contributed by atoms with van der Waals surface area (Å²) in [5.74, 6) is 0.336. The van der Waals surface area contributed by atoms with Crippen molar-refractivity contribution in [2.45, 2.75) is 25.3 Å². The van der Waals surface area contributed by atoms with Gasteiger partial charge in [0.15, 0.2) is 6.29 Å². The average molecular weight is 219 g/mol. The minimum absolute atomic E-state index is 0.218. The maximum Gasteiger partial charge on any atom is 0.155 e. The molecule has 2 fully saturated rings. The van der Waals surface area contributed by atoms with Crippen LogP contribution in [0.3, 0.4) is 0 Å². The monoisotopic (exact) mass is 219 g/mol. The van der Waals surface area contributed by atoms with Crippen molar-refractivity contribution in [1.29, 1.82) is 0 Å². The Bertz CT molecular complexity index is 432. The van der Waals surface area contributed by atoms with Crippen LogP contribution in [0.15, 0.2) is 18.2 Å². The maximum atomic E-state index is 13.5. The van der Waals surface area contributed by atoms with Gasteiger partial charge in [-0.1, -0.05) is 6.07 Å². The van der Waals surface area contributed by atoms with Crippen molar-refractivity contribution in [3.63, 3.8) is 0 Å². The number of anilines is 1. The van der Waals surface area contributed by atoms with Gasteiger partial charge in [0.1, 0.15) is 5.82 Å². The Morgan fingerprint density at radius 2 is 2.25 bits per heavy atom. The van der Waals surface area contributed by atoms with Gasteiger partial charge in [0.25, 0.3) is 0 Å². The van der Waals surface area contributed by atoms with Crippen molar-refractivity contribution in [3.05, 3.63) is 29.6 Å². The summed E-state index contributed by atoms with van der Waals surface area (Å²) in [6, 6.07) is 5.41. The standard InChI is InChI=1S/C13H14FNO/c14-12-2-1-3-13(11(12)8-16)15-7-9-4-5-10(15)6-9/h1-3,8-10H,4-7H2. The van der Waals surface area contributed by atoms with Crippen molar-refractivity contribution in [2.24, 2.45) is 5.92 Å². The van der Waals surface area contributed by atoms with Crippen molar-refractivity contribution in [1.82, 2.24) is 0 Å². The molecule has 2 atom stereocenters. The second-order valence-corrected chi connectivity index (χ2v) is 4.78. The van der Waals surface area contributed by atoms with Crippen LogP contribution in [0.25, 0.3) is 0 Å². The van der Waals surface area contributed by atoms with E-state index in [0.29, 0.717) is 12.3 Å². The van der Waals surface area contributed by atoms with Gasteiger partial charge in [0.05, 0.1) is 11.3 Å². The van der Waals surface area contributed by atoms with Crippen LogP contribution >= 0.6 is 0 Å². The number of carbonyl (C=O) groups is 1. The van der Waals surface area contributed by atoms with Gasteiger partial charge in [-0.05, 0) is 37.3 Å². The molecule has 3 heteroatoms. The molecular weight excluding hydrogens is 205 g/mol. The fourth-order valence-electron chi connectivity index (χ4n) is 3.11. The molecule has 0 radical (unpaired) electrons. The van der Waals surface area contributed by atoms with Gasteiger partial charge in [0.2, 0.25) is 0 Å². The molecule has 2 bridgehead atoms. The zero-order chi connectivity index (χ0) is 11.1. The molecule has 3 rings (SSSR count). The lowest BCUT2D eigenvalue weighted by Crippen LogP contribution is -2.32. The molecule has 0 aromatic heterocycles. The van der Waals surface area contributed by atoms with Gasteiger partial charge in [-0.25, -0.2) is 4.39 Å². The van der Waals surface area contributed by atoms with E-state index in [9.17, 15) is 9.18 Å². The quantitative estimate of drug-likeness (QED) is 0.713. The summed E-state index contributed by atoms with van der Waals surface area (Å²) >= 11 is 0. The lowest BCUT2D eigenvalue weighted by atomic mass is 10.1. The molecule has 1 aliphatic heterocycles. The van der Waals surface area contributed by atoms with Crippen LogP contribution < -0.4 is 4.90 Å². The molecule has 1 aliphatic carbocycles. The Balaban J connectivity index is 2.00. The van der Waals surface area contributed by atoms with Crippen LogP contribution in [0.1, 0.15) is 29.6 Å². The number of aldehydes is 1. The largest absolute Gasteiger partial charge is 0.368 e. The molecule has 2 unspecified atom stereocenters. The molecule has 2 nitrogen and oxygen atoms in total. The number of piperidine rings is 1. The van der Waals surface area contributed by atoms with E-state index in [1.54, 1.807) is 6.07 Å². The number of rotatable bonds is 2. The molecule has 0 N–H and O–H groups in total. The third-order valence-electron chi connectivity index (χ3n) is 3.87. The van der Waals surface area contributed by atoms with Gasteiger partial charge in [0, 0.05) is 12.6 Å². The first kappa shape index (κ1) is 9.82. The predicted molar refractivity (Wildman–Crippen MR) is 60.3 cm³/mol. The Labute approximate surface area is 94.1 Å². The van der Waals surface area contributed by atoms with Crippen LogP contribution in [0.2, 0.25) is 0 Å². The molecule has 84 valence electrons. The number of nitrogens with zero attached hydrogens (tertiary/aromatic N) is 1. The normalized spacial score (nSPS) is 27.4. The fraction of sp³-hybridized carbons (Fsp3) is 0.462. The Hall–Kier alpha value is -1.38. The van der Waals surface area contributed by atoms with E-state index in [1.807, 2.05) is 6.07 Å². The third-order valence-corrected chi connectivity index (χ3v) is 3.87. The van der Waals surface area contributed by atoms with Crippen molar-refractivity contribution < 1.29 is 9.18 Å². The minimum atomic E-state index is -0.407. The highest BCUT2D eigenvalue weighted by atomic mass is 19.1. The predicted octanol–water partition coefficient (Wildman–Crippen LogP) is 2.63. The molecule has 0 amide bonds. The maximum absolute atomic E-state index is 13.5. The minimum Gasteiger partial charge on any atom is -0.368 e.